The minimum Gasteiger partial charge on any atom is -0.347 e. The van der Waals surface area contributed by atoms with Crippen molar-refractivity contribution in [2.45, 2.75) is 44.6 Å². The Balaban J connectivity index is 1.31. The van der Waals surface area contributed by atoms with Gasteiger partial charge in [-0.25, -0.2) is 4.68 Å². The van der Waals surface area contributed by atoms with E-state index in [0.717, 1.165) is 16.0 Å². The number of aryl methyl sites for hydroxylation is 1. The molecule has 1 aliphatic rings. The normalized spacial score (nSPS) is 14.8. The van der Waals surface area contributed by atoms with Gasteiger partial charge in [0.1, 0.15) is 6.54 Å². The summed E-state index contributed by atoms with van der Waals surface area (Å²) >= 11 is 0. The second-order valence-electron chi connectivity index (χ2n) is 9.67. The summed E-state index contributed by atoms with van der Waals surface area (Å²) in [5, 5.41) is 10.7. The molecule has 1 unspecified atom stereocenters. The minimum absolute atomic E-state index is 0.128. The van der Waals surface area contributed by atoms with Crippen LogP contribution in [0.1, 0.15) is 62.1 Å². The van der Waals surface area contributed by atoms with Gasteiger partial charge in [-0.2, -0.15) is 13.2 Å². The zero-order valence-electron chi connectivity index (χ0n) is 21.5. The molecular weight excluding hydrogens is 521 g/mol. The summed E-state index contributed by atoms with van der Waals surface area (Å²) in [4.78, 5) is 31.2. The fourth-order valence-electron chi connectivity index (χ4n) is 4.91. The Morgan fingerprint density at radius 2 is 1.82 bits per heavy atom. The molecule has 0 fully saturated rings. The van der Waals surface area contributed by atoms with Gasteiger partial charge in [-0.3, -0.25) is 14.6 Å². The number of aromatic nitrogens is 4. The molecule has 40 heavy (non-hydrogen) atoms. The average Bonchev–Trinajstić information content (AvgIpc) is 3.43. The molecule has 2 heterocycles. The van der Waals surface area contributed by atoms with E-state index in [0.29, 0.717) is 37.1 Å². The van der Waals surface area contributed by atoms with E-state index in [1.54, 1.807) is 30.5 Å². The lowest BCUT2D eigenvalue weighted by atomic mass is 9.90. The first kappa shape index (κ1) is 27.0. The number of rotatable bonds is 8. The summed E-state index contributed by atoms with van der Waals surface area (Å²) in [5.41, 5.74) is 3.21. The number of halogens is 3. The molecule has 0 bridgehead atoms. The Bertz CT molecular complexity index is 1490. The molecule has 2 aromatic carbocycles. The molecule has 0 spiro atoms. The maximum Gasteiger partial charge on any atom is 0.406 e. The summed E-state index contributed by atoms with van der Waals surface area (Å²) in [7, 11) is 0. The molecule has 2 amide bonds. The molecule has 1 atom stereocenters. The number of fused-ring (bicyclic) bond motifs is 1. The van der Waals surface area contributed by atoms with Crippen LogP contribution in [-0.4, -0.2) is 49.4 Å². The van der Waals surface area contributed by atoms with Crippen molar-refractivity contribution in [1.82, 2.24) is 30.2 Å². The van der Waals surface area contributed by atoms with Crippen molar-refractivity contribution in [3.05, 3.63) is 113 Å². The molecule has 1 N–H and O–H groups in total. The van der Waals surface area contributed by atoms with E-state index < -0.39 is 24.7 Å². The summed E-state index contributed by atoms with van der Waals surface area (Å²) < 4.78 is 42.3. The average molecular weight is 549 g/mol. The Hall–Kier alpha value is -4.54. The van der Waals surface area contributed by atoms with Gasteiger partial charge in [-0.05, 0) is 54.2 Å². The van der Waals surface area contributed by atoms with Crippen LogP contribution >= 0.6 is 0 Å². The van der Waals surface area contributed by atoms with Gasteiger partial charge in [0.2, 0.25) is 0 Å². The van der Waals surface area contributed by atoms with E-state index in [4.69, 9.17) is 0 Å². The van der Waals surface area contributed by atoms with Crippen molar-refractivity contribution >= 4 is 11.8 Å². The van der Waals surface area contributed by atoms with E-state index in [2.05, 4.69) is 20.6 Å². The van der Waals surface area contributed by atoms with E-state index in [1.807, 2.05) is 36.4 Å². The number of benzene rings is 2. The van der Waals surface area contributed by atoms with Crippen molar-refractivity contribution < 1.29 is 22.8 Å². The number of pyridine rings is 1. The largest absolute Gasteiger partial charge is 0.406 e. The van der Waals surface area contributed by atoms with Gasteiger partial charge < -0.3 is 10.2 Å². The van der Waals surface area contributed by atoms with E-state index in [-0.39, 0.29) is 23.7 Å². The predicted molar refractivity (Wildman–Crippen MR) is 140 cm³/mol. The first-order chi connectivity index (χ1) is 19.3. The number of alkyl halides is 3. The molecule has 206 valence electrons. The summed E-state index contributed by atoms with van der Waals surface area (Å²) in [6.07, 6.45) is 0.237. The van der Waals surface area contributed by atoms with Crippen LogP contribution < -0.4 is 5.32 Å². The maximum atomic E-state index is 13.6. The van der Waals surface area contributed by atoms with Crippen LogP contribution in [0.15, 0.2) is 79.1 Å². The van der Waals surface area contributed by atoms with Gasteiger partial charge in [0.05, 0.1) is 24.5 Å². The topological polar surface area (TPSA) is 93.0 Å². The Kier molecular flexibility index (Phi) is 7.90. The lowest BCUT2D eigenvalue weighted by Gasteiger charge is -2.35. The molecule has 1 aliphatic carbocycles. The summed E-state index contributed by atoms with van der Waals surface area (Å²) in [6, 6.07) is 18.7. The van der Waals surface area contributed by atoms with Crippen molar-refractivity contribution in [1.29, 1.82) is 0 Å². The van der Waals surface area contributed by atoms with Gasteiger partial charge in [0.15, 0.2) is 5.69 Å². The number of carbonyl (C=O) groups is 2. The number of nitrogens with one attached hydrogen (secondary N) is 1. The minimum atomic E-state index is -4.57. The van der Waals surface area contributed by atoms with Crippen molar-refractivity contribution in [2.75, 3.05) is 6.54 Å². The van der Waals surface area contributed by atoms with Crippen molar-refractivity contribution in [3.8, 4) is 0 Å². The van der Waals surface area contributed by atoms with Crippen molar-refractivity contribution in [3.63, 3.8) is 0 Å². The van der Waals surface area contributed by atoms with E-state index in [9.17, 15) is 22.8 Å². The standard InChI is InChI=1S/C29H27F3N6O2/c30-29(31,32)19-38(25-13-5-10-22-12-6-14-33-26(22)25)28(40)23-11-4-9-21(15-23)17-37-18-24(35-36-37)27(39)34-16-20-7-2-1-3-8-20/h1-4,6-9,11-12,14-15,18,25H,5,10,13,16-17,19H2,(H,34,39). The maximum absolute atomic E-state index is 13.6. The smallest absolute Gasteiger partial charge is 0.347 e. The van der Waals surface area contributed by atoms with Crippen LogP contribution in [0.5, 0.6) is 0 Å². The molecule has 0 saturated heterocycles. The van der Waals surface area contributed by atoms with E-state index >= 15 is 0 Å². The Morgan fingerprint density at radius 3 is 2.62 bits per heavy atom. The quantitative estimate of drug-likeness (QED) is 0.344. The van der Waals surface area contributed by atoms with Gasteiger partial charge in [0, 0.05) is 18.3 Å². The molecule has 4 aromatic rings. The first-order valence-corrected chi connectivity index (χ1v) is 12.9. The highest BCUT2D eigenvalue weighted by atomic mass is 19.4. The molecule has 0 aliphatic heterocycles. The zero-order valence-corrected chi connectivity index (χ0v) is 21.5. The van der Waals surface area contributed by atoms with Gasteiger partial charge >= 0.3 is 6.18 Å². The third kappa shape index (κ3) is 6.53. The number of nitrogens with zero attached hydrogens (tertiary/aromatic N) is 5. The van der Waals surface area contributed by atoms with Gasteiger partial charge in [-0.15, -0.1) is 5.10 Å². The van der Waals surface area contributed by atoms with E-state index in [1.165, 1.54) is 16.9 Å². The molecule has 0 saturated carbocycles. The fraction of sp³-hybridized carbons (Fsp3) is 0.276. The van der Waals surface area contributed by atoms with Crippen LogP contribution in [0.25, 0.3) is 0 Å². The second-order valence-corrected chi connectivity index (χ2v) is 9.67. The highest BCUT2D eigenvalue weighted by Gasteiger charge is 2.39. The SMILES string of the molecule is O=C(NCc1ccccc1)c1cn(Cc2cccc(C(=O)N(CC(F)(F)F)C3CCCc4cccnc43)c2)nn1. The Morgan fingerprint density at radius 1 is 1.02 bits per heavy atom. The molecular formula is C29H27F3N6O2. The van der Waals surface area contributed by atoms with Crippen LogP contribution in [-0.2, 0) is 19.5 Å². The Labute approximate surface area is 228 Å². The molecule has 2 aromatic heterocycles. The van der Waals surface area contributed by atoms with Crippen LogP contribution in [0.4, 0.5) is 13.2 Å². The van der Waals surface area contributed by atoms with Gasteiger partial charge in [-0.1, -0.05) is 53.7 Å². The third-order valence-corrected chi connectivity index (χ3v) is 6.74. The molecule has 8 nitrogen and oxygen atoms in total. The summed E-state index contributed by atoms with van der Waals surface area (Å²) in [5.74, 6) is -1.11. The highest BCUT2D eigenvalue weighted by molar-refractivity contribution is 5.95. The van der Waals surface area contributed by atoms with Crippen LogP contribution in [0, 0.1) is 0 Å². The number of carbonyl (C=O) groups excluding carboxylic acids is 2. The predicted octanol–water partition coefficient (Wildman–Crippen LogP) is 4.73. The van der Waals surface area contributed by atoms with Crippen molar-refractivity contribution in [2.24, 2.45) is 0 Å². The number of hydrogen-bond acceptors (Lipinski definition) is 5. The fourth-order valence-corrected chi connectivity index (χ4v) is 4.91. The molecule has 11 heteroatoms. The molecule has 0 radical (unpaired) electrons. The first-order valence-electron chi connectivity index (χ1n) is 12.9. The van der Waals surface area contributed by atoms with Crippen LogP contribution in [0.3, 0.4) is 0 Å². The lowest BCUT2D eigenvalue weighted by molar-refractivity contribution is -0.145. The lowest BCUT2D eigenvalue weighted by Crippen LogP contribution is -2.43. The number of hydrogen-bond donors (Lipinski definition) is 1. The number of amides is 2. The third-order valence-electron chi connectivity index (χ3n) is 6.74. The molecule has 5 rings (SSSR count). The summed E-state index contributed by atoms with van der Waals surface area (Å²) in [6.45, 7) is -0.861. The monoisotopic (exact) mass is 548 g/mol. The second kappa shape index (κ2) is 11.7. The van der Waals surface area contributed by atoms with Gasteiger partial charge in [0.25, 0.3) is 11.8 Å². The van der Waals surface area contributed by atoms with Crippen LogP contribution in [0.2, 0.25) is 0 Å². The highest BCUT2D eigenvalue weighted by Crippen LogP contribution is 2.35. The zero-order chi connectivity index (χ0) is 28.1.